The maximum Gasteiger partial charge on any atom is 0.432 e. The van der Waals surface area contributed by atoms with Gasteiger partial charge in [0, 0.05) is 23.7 Å². The van der Waals surface area contributed by atoms with Gasteiger partial charge in [0.2, 0.25) is 0 Å². The highest BCUT2D eigenvalue weighted by molar-refractivity contribution is 5.93. The standard InChI is InChI=1S/C16H13F3N2O6/c1-8-6-11(9-4-3-5-10(7-9)21(25)26)12(14(22)27-2)13(16(17,18)19)20(8)15(23)24/h3-7,11H,1-2H3,(H,23,24). The monoisotopic (exact) mass is 386 g/mol. The molecule has 11 heteroatoms. The second-order valence-electron chi connectivity index (χ2n) is 5.51. The van der Waals surface area contributed by atoms with Crippen molar-refractivity contribution in [3.63, 3.8) is 0 Å². The molecular weight excluding hydrogens is 373 g/mol. The lowest BCUT2D eigenvalue weighted by Gasteiger charge is -2.33. The Hall–Kier alpha value is -3.37. The SMILES string of the molecule is COC(=O)C1=C(C(F)(F)F)N(C(=O)O)C(C)=CC1c1cccc([N+](=O)[O-])c1. The number of benzene rings is 1. The first-order valence-corrected chi connectivity index (χ1v) is 7.34. The summed E-state index contributed by atoms with van der Waals surface area (Å²) < 4.78 is 45.4. The molecule has 1 unspecified atom stereocenters. The molecule has 8 nitrogen and oxygen atoms in total. The maximum atomic E-state index is 13.7. The molecule has 1 aliphatic heterocycles. The van der Waals surface area contributed by atoms with Crippen molar-refractivity contribution < 1.29 is 37.5 Å². The summed E-state index contributed by atoms with van der Waals surface area (Å²) in [7, 11) is 0.851. The number of allylic oxidation sites excluding steroid dienone is 3. The molecule has 0 saturated carbocycles. The Morgan fingerprint density at radius 3 is 2.44 bits per heavy atom. The first kappa shape index (κ1) is 19.9. The van der Waals surface area contributed by atoms with Gasteiger partial charge in [-0.1, -0.05) is 18.2 Å². The molecule has 2 rings (SSSR count). The first-order valence-electron chi connectivity index (χ1n) is 7.34. The predicted octanol–water partition coefficient (Wildman–Crippen LogP) is 3.57. The molecule has 0 bridgehead atoms. The fourth-order valence-corrected chi connectivity index (χ4v) is 2.80. The second-order valence-corrected chi connectivity index (χ2v) is 5.51. The largest absolute Gasteiger partial charge is 0.466 e. The van der Waals surface area contributed by atoms with Crippen LogP contribution in [0.5, 0.6) is 0 Å². The molecule has 0 aromatic heterocycles. The molecule has 1 atom stereocenters. The summed E-state index contributed by atoms with van der Waals surface area (Å²) in [6, 6.07) is 4.71. The molecule has 0 radical (unpaired) electrons. The van der Waals surface area contributed by atoms with Gasteiger partial charge >= 0.3 is 18.2 Å². The molecule has 144 valence electrons. The quantitative estimate of drug-likeness (QED) is 0.483. The third kappa shape index (κ3) is 3.76. The van der Waals surface area contributed by atoms with E-state index in [1.807, 2.05) is 0 Å². The van der Waals surface area contributed by atoms with E-state index >= 15 is 0 Å². The molecule has 1 N–H and O–H groups in total. The second kappa shape index (κ2) is 7.09. The Bertz CT molecular complexity index is 875. The van der Waals surface area contributed by atoms with E-state index in [4.69, 9.17) is 0 Å². The Kier molecular flexibility index (Phi) is 5.24. The van der Waals surface area contributed by atoms with E-state index in [0.717, 1.165) is 32.2 Å². The van der Waals surface area contributed by atoms with Crippen LogP contribution in [0.15, 0.2) is 47.3 Å². The minimum atomic E-state index is -5.20. The minimum Gasteiger partial charge on any atom is -0.466 e. The van der Waals surface area contributed by atoms with E-state index < -0.39 is 46.0 Å². The van der Waals surface area contributed by atoms with E-state index in [-0.39, 0.29) is 16.2 Å². The number of amides is 1. The fourth-order valence-electron chi connectivity index (χ4n) is 2.80. The van der Waals surface area contributed by atoms with Gasteiger partial charge < -0.3 is 9.84 Å². The van der Waals surface area contributed by atoms with Crippen LogP contribution in [0.3, 0.4) is 0 Å². The van der Waals surface area contributed by atoms with Crippen LogP contribution < -0.4 is 0 Å². The summed E-state index contributed by atoms with van der Waals surface area (Å²) in [5.74, 6) is -2.78. The lowest BCUT2D eigenvalue weighted by molar-refractivity contribution is -0.384. The van der Waals surface area contributed by atoms with Crippen LogP contribution in [-0.2, 0) is 9.53 Å². The molecule has 0 spiro atoms. The van der Waals surface area contributed by atoms with Crippen LogP contribution >= 0.6 is 0 Å². The van der Waals surface area contributed by atoms with Gasteiger partial charge in [-0.3, -0.25) is 10.1 Å². The van der Waals surface area contributed by atoms with Gasteiger partial charge in [0.05, 0.1) is 17.6 Å². The third-order valence-corrected chi connectivity index (χ3v) is 3.86. The zero-order valence-corrected chi connectivity index (χ0v) is 14.0. The average molecular weight is 386 g/mol. The number of non-ortho nitro benzene ring substituents is 1. The van der Waals surface area contributed by atoms with Gasteiger partial charge in [-0.25, -0.2) is 14.5 Å². The Morgan fingerprint density at radius 1 is 1.33 bits per heavy atom. The van der Waals surface area contributed by atoms with Crippen molar-refractivity contribution in [3.8, 4) is 0 Å². The third-order valence-electron chi connectivity index (χ3n) is 3.86. The van der Waals surface area contributed by atoms with E-state index in [2.05, 4.69) is 4.74 Å². The molecule has 0 fully saturated rings. The topological polar surface area (TPSA) is 110 Å². The van der Waals surface area contributed by atoms with E-state index in [9.17, 15) is 38.0 Å². The number of nitro benzene ring substituents is 1. The molecule has 1 amide bonds. The van der Waals surface area contributed by atoms with Crippen LogP contribution in [0, 0.1) is 10.1 Å². The van der Waals surface area contributed by atoms with Crippen molar-refractivity contribution in [1.29, 1.82) is 0 Å². The lowest BCUT2D eigenvalue weighted by atomic mass is 9.85. The fraction of sp³-hybridized carbons (Fsp3) is 0.250. The van der Waals surface area contributed by atoms with Gasteiger partial charge in [-0.05, 0) is 12.5 Å². The van der Waals surface area contributed by atoms with Gasteiger partial charge in [-0.15, -0.1) is 0 Å². The van der Waals surface area contributed by atoms with Crippen molar-refractivity contribution in [2.75, 3.05) is 7.11 Å². The number of nitrogens with zero attached hydrogens (tertiary/aromatic N) is 2. The highest BCUT2D eigenvalue weighted by atomic mass is 19.4. The maximum absolute atomic E-state index is 13.7. The number of nitro groups is 1. The lowest BCUT2D eigenvalue weighted by Crippen LogP contribution is -2.40. The summed E-state index contributed by atoms with van der Waals surface area (Å²) >= 11 is 0. The summed E-state index contributed by atoms with van der Waals surface area (Å²) in [4.78, 5) is 33.7. The van der Waals surface area contributed by atoms with Crippen molar-refractivity contribution in [2.45, 2.75) is 19.0 Å². The van der Waals surface area contributed by atoms with Gasteiger partial charge in [0.15, 0.2) is 0 Å². The normalized spacial score (nSPS) is 17.4. The minimum absolute atomic E-state index is 0.00994. The molecule has 0 aliphatic carbocycles. The summed E-state index contributed by atoms with van der Waals surface area (Å²) in [5.41, 5.74) is -3.37. The zero-order chi connectivity index (χ0) is 20.5. The molecule has 1 aliphatic rings. The highest BCUT2D eigenvalue weighted by Crippen LogP contribution is 2.44. The molecule has 1 aromatic carbocycles. The number of rotatable bonds is 3. The van der Waals surface area contributed by atoms with Crippen molar-refractivity contribution >= 4 is 17.7 Å². The van der Waals surface area contributed by atoms with Crippen molar-refractivity contribution in [3.05, 3.63) is 63.0 Å². The van der Waals surface area contributed by atoms with Crippen LogP contribution in [-0.4, -0.2) is 40.3 Å². The molecule has 1 heterocycles. The van der Waals surface area contributed by atoms with Gasteiger partial charge in [-0.2, -0.15) is 13.2 Å². The van der Waals surface area contributed by atoms with Crippen molar-refractivity contribution in [1.82, 2.24) is 4.90 Å². The van der Waals surface area contributed by atoms with Crippen LogP contribution in [0.25, 0.3) is 0 Å². The number of halogens is 3. The number of carbonyl (C=O) groups is 2. The summed E-state index contributed by atoms with van der Waals surface area (Å²) in [5, 5.41) is 20.2. The number of hydrogen-bond donors (Lipinski definition) is 1. The van der Waals surface area contributed by atoms with Gasteiger partial charge in [0.1, 0.15) is 5.70 Å². The zero-order valence-electron chi connectivity index (χ0n) is 14.0. The molecule has 0 saturated heterocycles. The average Bonchev–Trinajstić information content (AvgIpc) is 2.59. The number of alkyl halides is 3. The highest BCUT2D eigenvalue weighted by Gasteiger charge is 2.49. The predicted molar refractivity (Wildman–Crippen MR) is 84.6 cm³/mol. The van der Waals surface area contributed by atoms with E-state index in [0.29, 0.717) is 0 Å². The first-order chi connectivity index (χ1) is 12.5. The number of carboxylic acid groups (broad SMARTS) is 1. The van der Waals surface area contributed by atoms with Crippen LogP contribution in [0.2, 0.25) is 0 Å². The number of esters is 1. The van der Waals surface area contributed by atoms with Crippen molar-refractivity contribution in [2.24, 2.45) is 0 Å². The van der Waals surface area contributed by atoms with Crippen LogP contribution in [0.1, 0.15) is 18.4 Å². The van der Waals surface area contributed by atoms with E-state index in [1.165, 1.54) is 12.1 Å². The van der Waals surface area contributed by atoms with E-state index in [1.54, 1.807) is 0 Å². The Labute approximate surface area is 150 Å². The Balaban J connectivity index is 2.81. The van der Waals surface area contributed by atoms with Crippen LogP contribution in [0.4, 0.5) is 23.7 Å². The molecule has 1 aromatic rings. The number of carbonyl (C=O) groups excluding carboxylic acids is 1. The smallest absolute Gasteiger partial charge is 0.432 e. The molecular formula is C16H13F3N2O6. The van der Waals surface area contributed by atoms with Gasteiger partial charge in [0.25, 0.3) is 5.69 Å². The summed E-state index contributed by atoms with van der Waals surface area (Å²) in [6.07, 6.45) is -6.03. The Morgan fingerprint density at radius 2 is 1.96 bits per heavy atom. The number of methoxy groups -OCH3 is 1. The molecule has 27 heavy (non-hydrogen) atoms. The summed E-state index contributed by atoms with van der Waals surface area (Å²) in [6.45, 7) is 1.12. The number of hydrogen-bond acceptors (Lipinski definition) is 5. The number of ether oxygens (including phenoxy) is 1.